The fourth-order valence-electron chi connectivity index (χ4n) is 3.78. The largest absolute Gasteiger partial charge is 0.444 e. The van der Waals surface area contributed by atoms with Crippen molar-refractivity contribution in [3.05, 3.63) is 23.8 Å². The summed E-state index contributed by atoms with van der Waals surface area (Å²) in [5, 5.41) is 3.05. The van der Waals surface area contributed by atoms with Gasteiger partial charge < -0.3 is 19.9 Å². The highest BCUT2D eigenvalue weighted by Crippen LogP contribution is 2.31. The topological polar surface area (TPSA) is 61.9 Å². The fraction of sp³-hybridized carbons (Fsp3) is 0.619. The van der Waals surface area contributed by atoms with Crippen LogP contribution in [0.5, 0.6) is 0 Å². The van der Waals surface area contributed by atoms with Crippen molar-refractivity contribution in [3.8, 4) is 0 Å². The number of fused-ring (bicyclic) bond motifs is 1. The number of nitrogens with zero attached hydrogens (tertiary/aromatic N) is 2. The Kier molecular flexibility index (Phi) is 5.63. The van der Waals surface area contributed by atoms with Crippen molar-refractivity contribution in [2.75, 3.05) is 36.4 Å². The van der Waals surface area contributed by atoms with Crippen molar-refractivity contribution in [3.63, 3.8) is 0 Å². The average molecular weight is 373 g/mol. The average Bonchev–Trinajstić information content (AvgIpc) is 3.02. The number of nitrogens with one attached hydrogen (secondary N) is 1. The molecule has 148 valence electrons. The first-order valence-electron chi connectivity index (χ1n) is 9.93. The molecule has 6 heteroatoms. The van der Waals surface area contributed by atoms with Gasteiger partial charge in [-0.2, -0.15) is 0 Å². The lowest BCUT2D eigenvalue weighted by Crippen LogP contribution is -2.45. The highest BCUT2D eigenvalue weighted by Gasteiger charge is 2.31. The van der Waals surface area contributed by atoms with Crippen LogP contribution in [0, 0.1) is 5.92 Å². The highest BCUT2D eigenvalue weighted by molar-refractivity contribution is 5.93. The minimum Gasteiger partial charge on any atom is -0.444 e. The maximum absolute atomic E-state index is 12.8. The second-order valence-electron chi connectivity index (χ2n) is 8.43. The molecule has 1 unspecified atom stereocenters. The predicted molar refractivity (Wildman–Crippen MR) is 107 cm³/mol. The third-order valence-corrected chi connectivity index (χ3v) is 5.17. The van der Waals surface area contributed by atoms with E-state index in [1.54, 1.807) is 4.90 Å². The number of likely N-dealkylation sites (N-methyl/N-ethyl adjacent to an activating group) is 1. The summed E-state index contributed by atoms with van der Waals surface area (Å²) in [5.74, 6) is -0.231. The first kappa shape index (κ1) is 19.5. The number of piperidine rings is 1. The van der Waals surface area contributed by atoms with Crippen molar-refractivity contribution < 1.29 is 14.3 Å². The second kappa shape index (κ2) is 7.79. The van der Waals surface area contributed by atoms with Crippen LogP contribution in [0.2, 0.25) is 0 Å². The van der Waals surface area contributed by atoms with Crippen LogP contribution in [0.25, 0.3) is 0 Å². The Morgan fingerprint density at radius 1 is 1.26 bits per heavy atom. The van der Waals surface area contributed by atoms with Gasteiger partial charge in [0, 0.05) is 37.6 Å². The molecule has 2 aliphatic heterocycles. The van der Waals surface area contributed by atoms with E-state index >= 15 is 0 Å². The molecule has 1 aromatic carbocycles. The Morgan fingerprint density at radius 3 is 2.74 bits per heavy atom. The normalized spacial score (nSPS) is 19.6. The maximum Gasteiger partial charge on any atom is 0.410 e. The Balaban J connectivity index is 1.62. The van der Waals surface area contributed by atoms with Crippen LogP contribution < -0.4 is 10.2 Å². The molecule has 1 saturated heterocycles. The lowest BCUT2D eigenvalue weighted by molar-refractivity contribution is -0.121. The molecule has 0 bridgehead atoms. The summed E-state index contributed by atoms with van der Waals surface area (Å²) in [5.41, 5.74) is 2.86. The molecule has 1 aromatic rings. The number of anilines is 2. The van der Waals surface area contributed by atoms with Gasteiger partial charge in [0.2, 0.25) is 5.91 Å². The summed E-state index contributed by atoms with van der Waals surface area (Å²) >= 11 is 0. The summed E-state index contributed by atoms with van der Waals surface area (Å²) in [4.78, 5) is 29.1. The van der Waals surface area contributed by atoms with E-state index in [0.29, 0.717) is 13.1 Å². The number of carbonyl (C=O) groups is 2. The summed E-state index contributed by atoms with van der Waals surface area (Å²) < 4.78 is 5.45. The van der Waals surface area contributed by atoms with E-state index in [1.165, 1.54) is 11.3 Å². The molecule has 0 spiro atoms. The number of carbonyl (C=O) groups excluding carboxylic acids is 2. The predicted octanol–water partition coefficient (Wildman–Crippen LogP) is 3.65. The van der Waals surface area contributed by atoms with Gasteiger partial charge in [0.15, 0.2) is 0 Å². The molecule has 2 aliphatic rings. The molecule has 0 saturated carbocycles. The Bertz CT molecular complexity index is 711. The number of likely N-dealkylation sites (tertiary alicyclic amines) is 1. The molecule has 2 amide bonds. The molecule has 0 aliphatic carbocycles. The zero-order valence-electron chi connectivity index (χ0n) is 16.9. The third-order valence-electron chi connectivity index (χ3n) is 5.17. The van der Waals surface area contributed by atoms with Crippen molar-refractivity contribution in [1.29, 1.82) is 0 Å². The molecule has 1 fully saturated rings. The number of hydrogen-bond donors (Lipinski definition) is 1. The number of ether oxygens (including phenoxy) is 1. The molecule has 0 aromatic heterocycles. The zero-order valence-corrected chi connectivity index (χ0v) is 16.9. The monoisotopic (exact) mass is 373 g/mol. The van der Waals surface area contributed by atoms with E-state index in [1.807, 2.05) is 26.8 Å². The third kappa shape index (κ3) is 4.73. The van der Waals surface area contributed by atoms with Crippen LogP contribution >= 0.6 is 0 Å². The lowest BCUT2D eigenvalue weighted by Gasteiger charge is -2.33. The van der Waals surface area contributed by atoms with E-state index in [9.17, 15) is 9.59 Å². The Morgan fingerprint density at radius 2 is 2.04 bits per heavy atom. The van der Waals surface area contributed by atoms with Gasteiger partial charge in [0.05, 0.1) is 5.92 Å². The Labute approximate surface area is 161 Å². The van der Waals surface area contributed by atoms with Crippen molar-refractivity contribution in [2.45, 2.75) is 52.6 Å². The molecule has 0 radical (unpaired) electrons. The fourth-order valence-corrected chi connectivity index (χ4v) is 3.78. The Hall–Kier alpha value is -2.24. The van der Waals surface area contributed by atoms with Gasteiger partial charge in [0.1, 0.15) is 5.60 Å². The number of benzene rings is 1. The first-order valence-corrected chi connectivity index (χ1v) is 9.93. The minimum atomic E-state index is -0.526. The quantitative estimate of drug-likeness (QED) is 0.878. The van der Waals surface area contributed by atoms with Crippen molar-refractivity contribution in [2.24, 2.45) is 5.92 Å². The molecular formula is C21H31N3O3. The first-order chi connectivity index (χ1) is 12.8. The van der Waals surface area contributed by atoms with Crippen LogP contribution in [0.4, 0.5) is 16.2 Å². The molecule has 27 heavy (non-hydrogen) atoms. The van der Waals surface area contributed by atoms with E-state index in [0.717, 1.165) is 38.0 Å². The second-order valence-corrected chi connectivity index (χ2v) is 8.43. The van der Waals surface area contributed by atoms with Crippen LogP contribution in [-0.4, -0.2) is 48.7 Å². The van der Waals surface area contributed by atoms with Gasteiger partial charge in [-0.3, -0.25) is 4.79 Å². The molecule has 3 rings (SSSR count). The molecular weight excluding hydrogens is 342 g/mol. The van der Waals surface area contributed by atoms with Crippen LogP contribution in [-0.2, 0) is 16.0 Å². The van der Waals surface area contributed by atoms with E-state index < -0.39 is 5.60 Å². The number of amides is 2. The van der Waals surface area contributed by atoms with Crippen LogP contribution in [0.3, 0.4) is 0 Å². The summed E-state index contributed by atoms with van der Waals surface area (Å²) in [6.45, 7) is 10.8. The van der Waals surface area contributed by atoms with E-state index in [4.69, 9.17) is 4.74 Å². The summed E-state index contributed by atoms with van der Waals surface area (Å²) in [7, 11) is 0. The number of rotatable bonds is 3. The molecule has 2 heterocycles. The zero-order chi connectivity index (χ0) is 19.6. The van der Waals surface area contributed by atoms with Gasteiger partial charge in [0.25, 0.3) is 0 Å². The van der Waals surface area contributed by atoms with Gasteiger partial charge in [-0.15, -0.1) is 0 Å². The maximum atomic E-state index is 12.8. The standard InChI is InChI=1S/C21H31N3O3/c1-5-23-12-10-15-8-9-17(13-18(15)23)22-19(25)16-7-6-11-24(14-16)20(26)27-21(2,3)4/h8-9,13,16H,5-7,10-12,14H2,1-4H3,(H,22,25). The highest BCUT2D eigenvalue weighted by atomic mass is 16.6. The van der Waals surface area contributed by atoms with Gasteiger partial charge in [-0.1, -0.05) is 6.07 Å². The summed E-state index contributed by atoms with van der Waals surface area (Å²) in [6, 6.07) is 6.15. The van der Waals surface area contributed by atoms with Gasteiger partial charge in [-0.25, -0.2) is 4.79 Å². The number of hydrogen-bond acceptors (Lipinski definition) is 4. The van der Waals surface area contributed by atoms with Crippen LogP contribution in [0.15, 0.2) is 18.2 Å². The van der Waals surface area contributed by atoms with E-state index in [-0.39, 0.29) is 17.9 Å². The minimum absolute atomic E-state index is 0.0238. The summed E-state index contributed by atoms with van der Waals surface area (Å²) in [6.07, 6.45) is 2.32. The smallest absolute Gasteiger partial charge is 0.410 e. The molecule has 6 nitrogen and oxygen atoms in total. The molecule has 1 atom stereocenters. The lowest BCUT2D eigenvalue weighted by atomic mass is 9.97. The molecule has 1 N–H and O–H groups in total. The van der Waals surface area contributed by atoms with Gasteiger partial charge in [-0.05, 0) is 64.7 Å². The van der Waals surface area contributed by atoms with Crippen molar-refractivity contribution in [1.82, 2.24) is 4.90 Å². The van der Waals surface area contributed by atoms with E-state index in [2.05, 4.69) is 29.3 Å². The van der Waals surface area contributed by atoms with Crippen LogP contribution in [0.1, 0.15) is 46.1 Å². The SMILES string of the molecule is CCN1CCc2ccc(NC(=O)C3CCCN(C(=O)OC(C)(C)C)C3)cc21. The van der Waals surface area contributed by atoms with Crippen molar-refractivity contribution >= 4 is 23.4 Å². The van der Waals surface area contributed by atoms with Gasteiger partial charge >= 0.3 is 6.09 Å².